The summed E-state index contributed by atoms with van der Waals surface area (Å²) >= 11 is 1.03. The van der Waals surface area contributed by atoms with Gasteiger partial charge in [-0.25, -0.2) is 0 Å². The van der Waals surface area contributed by atoms with Crippen LogP contribution < -0.4 is 10.2 Å². The number of rotatable bonds is 5. The highest BCUT2D eigenvalue weighted by atomic mass is 32.1. The van der Waals surface area contributed by atoms with E-state index in [1.807, 2.05) is 0 Å². The molecule has 17 heavy (non-hydrogen) atoms. The molecule has 0 saturated heterocycles. The fourth-order valence-corrected chi connectivity index (χ4v) is 1.98. The summed E-state index contributed by atoms with van der Waals surface area (Å²) in [4.78, 5) is 22.8. The molecule has 0 spiro atoms. The first-order valence-electron chi connectivity index (χ1n) is 5.09. The van der Waals surface area contributed by atoms with E-state index in [0.717, 1.165) is 11.3 Å². The molecule has 0 aliphatic carbocycles. The van der Waals surface area contributed by atoms with Crippen molar-refractivity contribution in [1.82, 2.24) is 9.88 Å². The van der Waals surface area contributed by atoms with Crippen LogP contribution in [0.25, 0.3) is 0 Å². The topological polar surface area (TPSA) is 91.6 Å². The zero-order chi connectivity index (χ0) is 13.1. The molecule has 6 nitrogen and oxygen atoms in total. The second kappa shape index (κ2) is 5.44. The maximum Gasteiger partial charge on any atom is 0.307 e. The van der Waals surface area contributed by atoms with Gasteiger partial charge in [-0.1, -0.05) is 11.3 Å². The minimum absolute atomic E-state index is 0.107. The molecule has 1 aromatic rings. The number of amides is 1. The second-order valence-corrected chi connectivity index (χ2v) is 4.97. The first kappa shape index (κ1) is 13.9. The van der Waals surface area contributed by atoms with E-state index in [-0.39, 0.29) is 24.6 Å². The van der Waals surface area contributed by atoms with Crippen molar-refractivity contribution in [1.29, 1.82) is 0 Å². The zero-order valence-corrected chi connectivity index (χ0v) is 10.6. The Hall–Kier alpha value is -1.18. The van der Waals surface area contributed by atoms with Crippen molar-refractivity contribution in [2.75, 3.05) is 13.2 Å². The van der Waals surface area contributed by atoms with Crippen LogP contribution in [0.5, 0.6) is 0 Å². The number of nitrogens with zero attached hydrogens (tertiary/aromatic N) is 1. The molecule has 3 N–H and O–H groups in total. The summed E-state index contributed by atoms with van der Waals surface area (Å²) in [5.74, 6) is -0.417. The van der Waals surface area contributed by atoms with Gasteiger partial charge in [0, 0.05) is 11.1 Å². The lowest BCUT2D eigenvalue weighted by atomic mass is 10.1. The van der Waals surface area contributed by atoms with Crippen molar-refractivity contribution in [3.05, 3.63) is 20.7 Å². The molecule has 0 atom stereocenters. The van der Waals surface area contributed by atoms with Gasteiger partial charge in [0.1, 0.15) is 6.54 Å². The van der Waals surface area contributed by atoms with Gasteiger partial charge in [-0.2, -0.15) is 0 Å². The maximum absolute atomic E-state index is 11.7. The van der Waals surface area contributed by atoms with E-state index in [1.54, 1.807) is 12.3 Å². The summed E-state index contributed by atoms with van der Waals surface area (Å²) in [5, 5.41) is 22.2. The molecule has 1 aromatic heterocycles. The second-order valence-electron chi connectivity index (χ2n) is 4.15. The zero-order valence-electron chi connectivity index (χ0n) is 9.77. The van der Waals surface area contributed by atoms with Gasteiger partial charge in [0.2, 0.25) is 5.91 Å². The number of aromatic nitrogens is 1. The first-order valence-corrected chi connectivity index (χ1v) is 5.97. The van der Waals surface area contributed by atoms with Crippen molar-refractivity contribution in [3.8, 4) is 0 Å². The van der Waals surface area contributed by atoms with Crippen molar-refractivity contribution in [3.63, 3.8) is 0 Å². The van der Waals surface area contributed by atoms with Crippen LogP contribution in [0.15, 0.2) is 10.2 Å². The summed E-state index contributed by atoms with van der Waals surface area (Å²) in [6, 6.07) is 0. The van der Waals surface area contributed by atoms with Crippen LogP contribution in [-0.2, 0) is 11.3 Å². The summed E-state index contributed by atoms with van der Waals surface area (Å²) in [6.07, 6.45) is 0. The molecule has 0 aliphatic rings. The van der Waals surface area contributed by atoms with Gasteiger partial charge < -0.3 is 15.5 Å². The van der Waals surface area contributed by atoms with Crippen molar-refractivity contribution in [2.24, 2.45) is 0 Å². The Kier molecular flexibility index (Phi) is 4.44. The smallest absolute Gasteiger partial charge is 0.307 e. The average Bonchev–Trinajstić information content (AvgIpc) is 2.60. The Morgan fingerprint density at radius 2 is 2.12 bits per heavy atom. The molecule has 7 heteroatoms. The molecule has 0 bridgehead atoms. The van der Waals surface area contributed by atoms with E-state index >= 15 is 0 Å². The normalized spacial score (nSPS) is 11.5. The summed E-state index contributed by atoms with van der Waals surface area (Å²) in [6.45, 7) is 2.42. The van der Waals surface area contributed by atoms with Crippen LogP contribution in [0, 0.1) is 6.92 Å². The number of nitrogens with one attached hydrogen (secondary N) is 1. The molecular formula is C10H16N2O4S. The van der Waals surface area contributed by atoms with Crippen LogP contribution in [0.1, 0.15) is 12.6 Å². The summed E-state index contributed by atoms with van der Waals surface area (Å²) in [5.41, 5.74) is -0.352. The molecule has 0 unspecified atom stereocenters. The Morgan fingerprint density at radius 1 is 1.53 bits per heavy atom. The van der Waals surface area contributed by atoms with Crippen molar-refractivity contribution in [2.45, 2.75) is 25.9 Å². The largest absolute Gasteiger partial charge is 0.394 e. The molecule has 96 valence electrons. The number of aryl methyl sites for hydroxylation is 1. The predicted molar refractivity (Wildman–Crippen MR) is 64.0 cm³/mol. The minimum atomic E-state index is -1.06. The lowest BCUT2D eigenvalue weighted by Crippen LogP contribution is -2.53. The minimum Gasteiger partial charge on any atom is -0.394 e. The quantitative estimate of drug-likeness (QED) is 0.638. The Balaban J connectivity index is 2.71. The molecule has 0 saturated carbocycles. The lowest BCUT2D eigenvalue weighted by Gasteiger charge is -2.26. The van der Waals surface area contributed by atoms with Crippen molar-refractivity contribution >= 4 is 17.2 Å². The molecule has 0 fully saturated rings. The van der Waals surface area contributed by atoms with Crippen LogP contribution in [0.3, 0.4) is 0 Å². The highest BCUT2D eigenvalue weighted by Crippen LogP contribution is 2.03. The van der Waals surface area contributed by atoms with Gasteiger partial charge in [0.25, 0.3) is 0 Å². The summed E-state index contributed by atoms with van der Waals surface area (Å²) in [7, 11) is 0. The third-order valence-electron chi connectivity index (χ3n) is 2.42. The number of hydrogen-bond donors (Lipinski definition) is 3. The first-order chi connectivity index (χ1) is 7.91. The molecule has 0 aliphatic heterocycles. The SMILES string of the molecule is Cc1csc(=O)n1CC(=O)NC(C)(CO)CO. The van der Waals surface area contributed by atoms with Gasteiger partial charge in [-0.05, 0) is 13.8 Å². The number of hydrogen-bond acceptors (Lipinski definition) is 5. The van der Waals surface area contributed by atoms with Crippen LogP contribution in [0.4, 0.5) is 0 Å². The van der Waals surface area contributed by atoms with Gasteiger partial charge in [0.15, 0.2) is 0 Å². The van der Waals surface area contributed by atoms with E-state index in [0.29, 0.717) is 5.69 Å². The Morgan fingerprint density at radius 3 is 2.53 bits per heavy atom. The van der Waals surface area contributed by atoms with Gasteiger partial charge in [0.05, 0.1) is 18.8 Å². The maximum atomic E-state index is 11.7. The Labute approximate surface area is 103 Å². The number of aliphatic hydroxyl groups is 2. The van der Waals surface area contributed by atoms with E-state index in [1.165, 1.54) is 11.5 Å². The van der Waals surface area contributed by atoms with Crippen LogP contribution in [-0.4, -0.2) is 39.4 Å². The van der Waals surface area contributed by atoms with E-state index in [2.05, 4.69) is 5.32 Å². The van der Waals surface area contributed by atoms with Gasteiger partial charge in [-0.15, -0.1) is 0 Å². The molecule has 0 aromatic carbocycles. The average molecular weight is 260 g/mol. The number of carbonyl (C=O) groups excluding carboxylic acids is 1. The predicted octanol–water partition coefficient (Wildman–Crippen LogP) is -0.922. The van der Waals surface area contributed by atoms with Gasteiger partial charge >= 0.3 is 4.87 Å². The number of thiazole rings is 1. The fraction of sp³-hybridized carbons (Fsp3) is 0.600. The third kappa shape index (κ3) is 3.39. The van der Waals surface area contributed by atoms with Crippen LogP contribution in [0.2, 0.25) is 0 Å². The van der Waals surface area contributed by atoms with Crippen molar-refractivity contribution < 1.29 is 15.0 Å². The standard InChI is InChI=1S/C10H16N2O4S/c1-7-4-17-9(16)12(7)3-8(15)11-10(2,5-13)6-14/h4,13-14H,3,5-6H2,1-2H3,(H,11,15). The van der Waals surface area contributed by atoms with E-state index in [9.17, 15) is 9.59 Å². The van der Waals surface area contributed by atoms with E-state index < -0.39 is 11.4 Å². The number of carbonyl (C=O) groups is 1. The monoisotopic (exact) mass is 260 g/mol. The molecule has 1 amide bonds. The highest BCUT2D eigenvalue weighted by Gasteiger charge is 2.24. The lowest BCUT2D eigenvalue weighted by molar-refractivity contribution is -0.124. The van der Waals surface area contributed by atoms with E-state index in [4.69, 9.17) is 10.2 Å². The molecule has 0 radical (unpaired) electrons. The van der Waals surface area contributed by atoms with Crippen LogP contribution >= 0.6 is 11.3 Å². The molecule has 1 rings (SSSR count). The third-order valence-corrected chi connectivity index (χ3v) is 3.30. The van der Waals surface area contributed by atoms with Gasteiger partial charge in [-0.3, -0.25) is 14.2 Å². The molecular weight excluding hydrogens is 244 g/mol. The summed E-state index contributed by atoms with van der Waals surface area (Å²) < 4.78 is 1.34. The number of aliphatic hydroxyl groups excluding tert-OH is 2. The fourth-order valence-electron chi connectivity index (χ4n) is 1.24. The highest BCUT2D eigenvalue weighted by molar-refractivity contribution is 7.07. The Bertz CT molecular complexity index is 447. The molecule has 1 heterocycles.